The van der Waals surface area contributed by atoms with E-state index in [2.05, 4.69) is 22.3 Å². The quantitative estimate of drug-likeness (QED) is 0.824. The Kier molecular flexibility index (Phi) is 4.83. The molecule has 0 aliphatic carbocycles. The lowest BCUT2D eigenvalue weighted by Gasteiger charge is -2.12. The van der Waals surface area contributed by atoms with Crippen LogP contribution in [-0.2, 0) is 11.3 Å². The second-order valence-corrected chi connectivity index (χ2v) is 4.09. The molecule has 0 atom stereocenters. The first-order valence-electron chi connectivity index (χ1n) is 5.66. The lowest BCUT2D eigenvalue weighted by atomic mass is 10.2. The van der Waals surface area contributed by atoms with E-state index in [0.29, 0.717) is 13.0 Å². The molecule has 0 saturated carbocycles. The minimum Gasteiger partial charge on any atom is -0.378 e. The van der Waals surface area contributed by atoms with Gasteiger partial charge in [0.25, 0.3) is 0 Å². The summed E-state index contributed by atoms with van der Waals surface area (Å²) < 4.78 is 0. The summed E-state index contributed by atoms with van der Waals surface area (Å²) in [5, 5.41) is 2.90. The molecule has 1 rings (SSSR count). The van der Waals surface area contributed by atoms with Crippen LogP contribution in [0.5, 0.6) is 0 Å². The first-order chi connectivity index (χ1) is 7.63. The summed E-state index contributed by atoms with van der Waals surface area (Å²) in [6.45, 7) is 2.62. The third-order valence-electron chi connectivity index (χ3n) is 2.42. The normalized spacial score (nSPS) is 9.94. The second kappa shape index (κ2) is 6.16. The Morgan fingerprint density at radius 2 is 1.88 bits per heavy atom. The molecular weight excluding hydrogens is 200 g/mol. The summed E-state index contributed by atoms with van der Waals surface area (Å²) >= 11 is 0. The lowest BCUT2D eigenvalue weighted by Crippen LogP contribution is -2.22. The maximum absolute atomic E-state index is 11.3. The van der Waals surface area contributed by atoms with Crippen molar-refractivity contribution >= 4 is 11.6 Å². The minimum absolute atomic E-state index is 0.124. The zero-order valence-corrected chi connectivity index (χ0v) is 10.3. The third-order valence-corrected chi connectivity index (χ3v) is 2.42. The highest BCUT2D eigenvalue weighted by atomic mass is 16.1. The average molecular weight is 220 g/mol. The molecule has 1 amide bonds. The number of carbonyl (C=O) groups excluding carboxylic acids is 1. The van der Waals surface area contributed by atoms with Gasteiger partial charge >= 0.3 is 0 Å². The summed E-state index contributed by atoms with van der Waals surface area (Å²) in [5.41, 5.74) is 2.30. The molecule has 0 unspecified atom stereocenters. The predicted molar refractivity (Wildman–Crippen MR) is 67.5 cm³/mol. The number of nitrogens with one attached hydrogen (secondary N) is 1. The van der Waals surface area contributed by atoms with Crippen molar-refractivity contribution in [3.63, 3.8) is 0 Å². The van der Waals surface area contributed by atoms with Gasteiger partial charge in [-0.05, 0) is 24.1 Å². The topological polar surface area (TPSA) is 32.3 Å². The SMILES string of the molecule is CCCC(=O)NCc1ccc(N(C)C)cc1. The van der Waals surface area contributed by atoms with Crippen LogP contribution < -0.4 is 10.2 Å². The molecule has 0 radical (unpaired) electrons. The molecule has 0 spiro atoms. The van der Waals surface area contributed by atoms with E-state index < -0.39 is 0 Å². The second-order valence-electron chi connectivity index (χ2n) is 4.09. The average Bonchev–Trinajstić information content (AvgIpc) is 2.27. The smallest absolute Gasteiger partial charge is 0.220 e. The van der Waals surface area contributed by atoms with Gasteiger partial charge in [-0.1, -0.05) is 19.1 Å². The van der Waals surface area contributed by atoms with E-state index in [1.807, 2.05) is 33.2 Å². The van der Waals surface area contributed by atoms with Gasteiger partial charge in [0, 0.05) is 32.7 Å². The van der Waals surface area contributed by atoms with E-state index in [1.54, 1.807) is 0 Å². The van der Waals surface area contributed by atoms with Crippen LogP contribution in [-0.4, -0.2) is 20.0 Å². The molecule has 1 aromatic carbocycles. The van der Waals surface area contributed by atoms with Crippen LogP contribution in [0.15, 0.2) is 24.3 Å². The van der Waals surface area contributed by atoms with Crippen molar-refractivity contribution < 1.29 is 4.79 Å². The van der Waals surface area contributed by atoms with Gasteiger partial charge in [0.2, 0.25) is 5.91 Å². The van der Waals surface area contributed by atoms with Crippen LogP contribution in [0.4, 0.5) is 5.69 Å². The summed E-state index contributed by atoms with van der Waals surface area (Å²) in [6.07, 6.45) is 1.50. The maximum Gasteiger partial charge on any atom is 0.220 e. The molecule has 0 heterocycles. The molecule has 0 bridgehead atoms. The third kappa shape index (κ3) is 3.93. The molecule has 0 saturated heterocycles. The molecule has 0 aromatic heterocycles. The molecule has 16 heavy (non-hydrogen) atoms. The van der Waals surface area contributed by atoms with Crippen LogP contribution >= 0.6 is 0 Å². The molecule has 88 valence electrons. The van der Waals surface area contributed by atoms with E-state index in [1.165, 1.54) is 5.69 Å². The number of carbonyl (C=O) groups is 1. The van der Waals surface area contributed by atoms with Crippen molar-refractivity contribution in [3.8, 4) is 0 Å². The summed E-state index contributed by atoms with van der Waals surface area (Å²) in [5.74, 6) is 0.124. The molecule has 3 nitrogen and oxygen atoms in total. The molecule has 3 heteroatoms. The monoisotopic (exact) mass is 220 g/mol. The van der Waals surface area contributed by atoms with Crippen molar-refractivity contribution in [2.24, 2.45) is 0 Å². The van der Waals surface area contributed by atoms with Gasteiger partial charge in [-0.25, -0.2) is 0 Å². The first-order valence-corrected chi connectivity index (χ1v) is 5.66. The summed E-state index contributed by atoms with van der Waals surface area (Å²) in [4.78, 5) is 13.3. The molecule has 0 aliphatic heterocycles. The van der Waals surface area contributed by atoms with Gasteiger partial charge in [0.15, 0.2) is 0 Å². The van der Waals surface area contributed by atoms with Crippen molar-refractivity contribution in [2.45, 2.75) is 26.3 Å². The fourth-order valence-electron chi connectivity index (χ4n) is 1.43. The van der Waals surface area contributed by atoms with Gasteiger partial charge < -0.3 is 10.2 Å². The Hall–Kier alpha value is -1.51. The lowest BCUT2D eigenvalue weighted by molar-refractivity contribution is -0.121. The zero-order chi connectivity index (χ0) is 12.0. The summed E-state index contributed by atoms with van der Waals surface area (Å²) in [6, 6.07) is 8.20. The number of amides is 1. The molecule has 0 aliphatic rings. The van der Waals surface area contributed by atoms with Crippen LogP contribution in [0, 0.1) is 0 Å². The fraction of sp³-hybridized carbons (Fsp3) is 0.462. The van der Waals surface area contributed by atoms with Crippen molar-refractivity contribution in [1.29, 1.82) is 0 Å². The number of hydrogen-bond donors (Lipinski definition) is 1. The first kappa shape index (κ1) is 12.6. The van der Waals surface area contributed by atoms with Gasteiger partial charge in [-0.15, -0.1) is 0 Å². The Labute approximate surface area is 97.5 Å². The highest BCUT2D eigenvalue weighted by Crippen LogP contribution is 2.11. The van der Waals surface area contributed by atoms with E-state index in [-0.39, 0.29) is 5.91 Å². The van der Waals surface area contributed by atoms with Gasteiger partial charge in [0.1, 0.15) is 0 Å². The number of anilines is 1. The fourth-order valence-corrected chi connectivity index (χ4v) is 1.43. The number of benzene rings is 1. The molecular formula is C13H20N2O. The predicted octanol–water partition coefficient (Wildman–Crippen LogP) is 2.17. The highest BCUT2D eigenvalue weighted by Gasteiger charge is 2.00. The van der Waals surface area contributed by atoms with E-state index in [0.717, 1.165) is 12.0 Å². The van der Waals surface area contributed by atoms with Crippen LogP contribution in [0.1, 0.15) is 25.3 Å². The zero-order valence-electron chi connectivity index (χ0n) is 10.3. The van der Waals surface area contributed by atoms with Gasteiger partial charge in [-0.3, -0.25) is 4.79 Å². The number of nitrogens with zero attached hydrogens (tertiary/aromatic N) is 1. The number of hydrogen-bond acceptors (Lipinski definition) is 2. The van der Waals surface area contributed by atoms with E-state index in [9.17, 15) is 4.79 Å². The largest absolute Gasteiger partial charge is 0.378 e. The van der Waals surface area contributed by atoms with Crippen molar-refractivity contribution in [1.82, 2.24) is 5.32 Å². The van der Waals surface area contributed by atoms with Crippen LogP contribution in [0.3, 0.4) is 0 Å². The van der Waals surface area contributed by atoms with Crippen LogP contribution in [0.25, 0.3) is 0 Å². The summed E-state index contributed by atoms with van der Waals surface area (Å²) in [7, 11) is 4.02. The van der Waals surface area contributed by atoms with Gasteiger partial charge in [-0.2, -0.15) is 0 Å². The number of rotatable bonds is 5. The van der Waals surface area contributed by atoms with Crippen molar-refractivity contribution in [3.05, 3.63) is 29.8 Å². The Bertz CT molecular complexity index is 330. The minimum atomic E-state index is 0.124. The highest BCUT2D eigenvalue weighted by molar-refractivity contribution is 5.75. The maximum atomic E-state index is 11.3. The van der Waals surface area contributed by atoms with Gasteiger partial charge in [0.05, 0.1) is 0 Å². The van der Waals surface area contributed by atoms with E-state index in [4.69, 9.17) is 0 Å². The molecule has 1 aromatic rings. The molecule has 1 N–H and O–H groups in total. The Morgan fingerprint density at radius 1 is 1.25 bits per heavy atom. The van der Waals surface area contributed by atoms with Crippen molar-refractivity contribution in [2.75, 3.05) is 19.0 Å². The standard InChI is InChI=1S/C13H20N2O/c1-4-5-13(16)14-10-11-6-8-12(9-7-11)15(2)3/h6-9H,4-5,10H2,1-3H3,(H,14,16). The Balaban J connectivity index is 2.46. The van der Waals surface area contributed by atoms with Crippen LogP contribution in [0.2, 0.25) is 0 Å². The van der Waals surface area contributed by atoms with E-state index >= 15 is 0 Å². The Morgan fingerprint density at radius 3 is 2.38 bits per heavy atom. The molecule has 0 fully saturated rings.